The summed E-state index contributed by atoms with van der Waals surface area (Å²) >= 11 is 7.85. The summed E-state index contributed by atoms with van der Waals surface area (Å²) in [5, 5.41) is 3.21. The summed E-state index contributed by atoms with van der Waals surface area (Å²) in [6, 6.07) is 8.10. The van der Waals surface area contributed by atoms with Crippen molar-refractivity contribution in [2.75, 3.05) is 19.0 Å². The molecule has 0 unspecified atom stereocenters. The molecule has 0 aliphatic rings. The van der Waals surface area contributed by atoms with Gasteiger partial charge in [-0.05, 0) is 58.5 Å². The lowest BCUT2D eigenvalue weighted by atomic mass is 10.2. The number of primary amides is 1. The first-order valence-corrected chi connectivity index (χ1v) is 8.33. The first-order chi connectivity index (χ1) is 11.4. The second-order valence-corrected chi connectivity index (χ2v) is 6.42. The van der Waals surface area contributed by atoms with E-state index in [-0.39, 0.29) is 11.6 Å². The lowest BCUT2D eigenvalue weighted by molar-refractivity contribution is -0.119. The van der Waals surface area contributed by atoms with E-state index in [0.717, 1.165) is 9.13 Å². The third-order valence-corrected chi connectivity index (χ3v) is 4.16. The predicted octanol–water partition coefficient (Wildman–Crippen LogP) is 3.57. The Labute approximate surface area is 157 Å². The minimum absolute atomic E-state index is 0.0577. The number of methoxy groups -OCH3 is 1. The lowest BCUT2D eigenvalue weighted by Crippen LogP contribution is -2.20. The van der Waals surface area contributed by atoms with Gasteiger partial charge in [0, 0.05) is 12.2 Å². The van der Waals surface area contributed by atoms with Crippen LogP contribution in [-0.4, -0.2) is 19.6 Å². The molecule has 0 bridgehead atoms. The number of hydrogen-bond acceptors (Lipinski definition) is 4. The van der Waals surface area contributed by atoms with Crippen LogP contribution in [0.2, 0.25) is 5.02 Å². The number of ether oxygens (including phenoxy) is 2. The Balaban J connectivity index is 2.14. The number of nitrogens with two attached hydrogens (primary N) is 1. The van der Waals surface area contributed by atoms with Crippen molar-refractivity contribution in [3.8, 4) is 11.5 Å². The first-order valence-electron chi connectivity index (χ1n) is 6.87. The topological polar surface area (TPSA) is 73.6 Å². The van der Waals surface area contributed by atoms with E-state index in [1.807, 2.05) is 6.07 Å². The number of amides is 1. The van der Waals surface area contributed by atoms with Gasteiger partial charge >= 0.3 is 0 Å². The normalized spacial score (nSPS) is 10.3. The minimum atomic E-state index is -0.563. The summed E-state index contributed by atoms with van der Waals surface area (Å²) in [4.78, 5) is 10.9. The van der Waals surface area contributed by atoms with Crippen molar-refractivity contribution in [2.24, 2.45) is 5.73 Å². The lowest BCUT2D eigenvalue weighted by Gasteiger charge is -2.14. The Morgan fingerprint density at radius 2 is 2.12 bits per heavy atom. The van der Waals surface area contributed by atoms with Gasteiger partial charge in [0.1, 0.15) is 5.82 Å². The van der Waals surface area contributed by atoms with Crippen molar-refractivity contribution in [3.63, 3.8) is 0 Å². The van der Waals surface area contributed by atoms with Gasteiger partial charge in [0.05, 0.1) is 15.7 Å². The number of anilines is 1. The van der Waals surface area contributed by atoms with Crippen LogP contribution in [0.4, 0.5) is 10.1 Å². The van der Waals surface area contributed by atoms with Gasteiger partial charge in [-0.15, -0.1) is 0 Å². The molecular weight excluding hydrogens is 450 g/mol. The molecule has 0 spiro atoms. The summed E-state index contributed by atoms with van der Waals surface area (Å²) < 4.78 is 24.6. The molecule has 128 valence electrons. The van der Waals surface area contributed by atoms with Gasteiger partial charge in [-0.3, -0.25) is 4.79 Å². The molecule has 0 saturated heterocycles. The van der Waals surface area contributed by atoms with Crippen molar-refractivity contribution in [2.45, 2.75) is 6.54 Å². The Morgan fingerprint density at radius 3 is 2.75 bits per heavy atom. The molecule has 0 aromatic heterocycles. The standard InChI is InChI=1S/C16H15ClFIN2O3/c1-23-14-5-9(4-13(19)16(14)24-8-15(20)22)7-21-10-2-3-12(18)11(17)6-10/h2-6,21H,7-8H2,1H3,(H2,20,22). The second-order valence-electron chi connectivity index (χ2n) is 4.85. The average molecular weight is 465 g/mol. The predicted molar refractivity (Wildman–Crippen MR) is 99.1 cm³/mol. The zero-order chi connectivity index (χ0) is 17.7. The van der Waals surface area contributed by atoms with Crippen LogP contribution in [0.5, 0.6) is 11.5 Å². The zero-order valence-corrected chi connectivity index (χ0v) is 15.7. The van der Waals surface area contributed by atoms with Crippen molar-refractivity contribution in [1.29, 1.82) is 0 Å². The Morgan fingerprint density at radius 1 is 1.38 bits per heavy atom. The van der Waals surface area contributed by atoms with Gasteiger partial charge in [-0.2, -0.15) is 0 Å². The van der Waals surface area contributed by atoms with Gasteiger partial charge in [0.25, 0.3) is 5.91 Å². The number of nitrogens with one attached hydrogen (secondary N) is 1. The van der Waals surface area contributed by atoms with Crippen molar-refractivity contribution >= 4 is 45.8 Å². The number of rotatable bonds is 7. The average Bonchev–Trinajstić information content (AvgIpc) is 2.54. The number of carbonyl (C=O) groups is 1. The summed E-state index contributed by atoms with van der Waals surface area (Å²) in [7, 11) is 1.51. The monoisotopic (exact) mass is 464 g/mol. The van der Waals surface area contributed by atoms with Gasteiger partial charge in [0.2, 0.25) is 0 Å². The molecule has 0 fully saturated rings. The van der Waals surface area contributed by atoms with Gasteiger partial charge in [-0.25, -0.2) is 4.39 Å². The van der Waals surface area contributed by atoms with Gasteiger partial charge in [0.15, 0.2) is 18.1 Å². The number of halogens is 3. The van der Waals surface area contributed by atoms with E-state index in [1.54, 1.807) is 12.1 Å². The quantitative estimate of drug-likeness (QED) is 0.615. The maximum atomic E-state index is 13.2. The summed E-state index contributed by atoms with van der Waals surface area (Å²) in [5.41, 5.74) is 6.71. The first kappa shape index (κ1) is 18.6. The van der Waals surface area contributed by atoms with E-state index in [4.69, 9.17) is 26.8 Å². The molecule has 2 rings (SSSR count). The van der Waals surface area contributed by atoms with Crippen LogP contribution >= 0.6 is 34.2 Å². The van der Waals surface area contributed by atoms with Crippen molar-refractivity contribution in [3.05, 3.63) is 50.3 Å². The highest BCUT2D eigenvalue weighted by Gasteiger charge is 2.13. The number of benzene rings is 2. The Bertz CT molecular complexity index is 758. The molecule has 0 aliphatic heterocycles. The van der Waals surface area contributed by atoms with Crippen LogP contribution in [-0.2, 0) is 11.3 Å². The molecule has 0 saturated carbocycles. The molecule has 2 aromatic carbocycles. The van der Waals surface area contributed by atoms with E-state index in [1.165, 1.54) is 19.2 Å². The van der Waals surface area contributed by atoms with Crippen LogP contribution in [0.15, 0.2) is 30.3 Å². The van der Waals surface area contributed by atoms with Crippen LogP contribution in [0, 0.1) is 9.39 Å². The molecule has 0 radical (unpaired) electrons. The Hall–Kier alpha value is -1.74. The number of hydrogen-bond donors (Lipinski definition) is 2. The largest absolute Gasteiger partial charge is 0.493 e. The molecule has 0 heterocycles. The molecule has 0 atom stereocenters. The molecule has 5 nitrogen and oxygen atoms in total. The van der Waals surface area contributed by atoms with Crippen LogP contribution < -0.4 is 20.5 Å². The third-order valence-electron chi connectivity index (χ3n) is 3.06. The Kier molecular flexibility index (Phi) is 6.50. The fraction of sp³-hybridized carbons (Fsp3) is 0.188. The maximum absolute atomic E-state index is 13.2. The summed E-state index contributed by atoms with van der Waals surface area (Å²) in [6.45, 7) is 0.252. The molecule has 24 heavy (non-hydrogen) atoms. The molecule has 2 aromatic rings. The van der Waals surface area contributed by atoms with E-state index >= 15 is 0 Å². The molecule has 0 aliphatic carbocycles. The molecule has 8 heteroatoms. The fourth-order valence-electron chi connectivity index (χ4n) is 1.97. The highest BCUT2D eigenvalue weighted by molar-refractivity contribution is 14.1. The van der Waals surface area contributed by atoms with Crippen LogP contribution in [0.3, 0.4) is 0 Å². The number of carbonyl (C=O) groups excluding carboxylic acids is 1. The molecule has 3 N–H and O–H groups in total. The smallest absolute Gasteiger partial charge is 0.255 e. The van der Waals surface area contributed by atoms with Crippen molar-refractivity contribution < 1.29 is 18.7 Å². The van der Waals surface area contributed by atoms with E-state index in [9.17, 15) is 9.18 Å². The van der Waals surface area contributed by atoms with Crippen LogP contribution in [0.25, 0.3) is 0 Å². The van der Waals surface area contributed by atoms with Crippen LogP contribution in [0.1, 0.15) is 5.56 Å². The summed E-state index contributed by atoms with van der Waals surface area (Å²) in [6.07, 6.45) is 0. The van der Waals surface area contributed by atoms with Gasteiger partial charge < -0.3 is 20.5 Å². The molecule has 1 amide bonds. The highest BCUT2D eigenvalue weighted by Crippen LogP contribution is 2.34. The van der Waals surface area contributed by atoms with Crippen molar-refractivity contribution in [1.82, 2.24) is 0 Å². The van der Waals surface area contributed by atoms with Gasteiger partial charge in [-0.1, -0.05) is 11.6 Å². The molecular formula is C16H15ClFIN2O3. The second kappa shape index (κ2) is 8.39. The highest BCUT2D eigenvalue weighted by atomic mass is 127. The summed E-state index contributed by atoms with van der Waals surface area (Å²) in [5.74, 6) is -0.0660. The maximum Gasteiger partial charge on any atom is 0.255 e. The van der Waals surface area contributed by atoms with E-state index < -0.39 is 11.7 Å². The minimum Gasteiger partial charge on any atom is -0.493 e. The fourth-order valence-corrected chi connectivity index (χ4v) is 2.97. The SMILES string of the molecule is COc1cc(CNc2ccc(F)c(Cl)c2)cc(I)c1OCC(N)=O. The van der Waals surface area contributed by atoms with E-state index in [0.29, 0.717) is 23.7 Å². The zero-order valence-electron chi connectivity index (χ0n) is 12.7. The third kappa shape index (κ3) is 4.88. The van der Waals surface area contributed by atoms with E-state index in [2.05, 4.69) is 27.9 Å².